The molecule has 0 atom stereocenters. The van der Waals surface area contributed by atoms with Crippen LogP contribution in [0.25, 0.3) is 0 Å². The topological polar surface area (TPSA) is 24.1 Å². The van der Waals surface area contributed by atoms with Gasteiger partial charge in [-0.2, -0.15) is 0 Å². The summed E-state index contributed by atoms with van der Waals surface area (Å²) in [7, 11) is 0. The zero-order chi connectivity index (χ0) is 10.5. The van der Waals surface area contributed by atoms with Gasteiger partial charge in [-0.15, -0.1) is 0 Å². The maximum Gasteiger partial charge on any atom is 0.0491 e. The van der Waals surface area contributed by atoms with Crippen LogP contribution in [0.4, 0.5) is 5.69 Å². The Balaban J connectivity index is 1.67. The van der Waals surface area contributed by atoms with Crippen molar-refractivity contribution in [3.8, 4) is 0 Å². The Bertz CT molecular complexity index is 293. The van der Waals surface area contributed by atoms with E-state index in [0.717, 1.165) is 24.6 Å². The van der Waals surface area contributed by atoms with Crippen molar-refractivity contribution in [2.24, 2.45) is 5.92 Å². The van der Waals surface area contributed by atoms with E-state index in [2.05, 4.69) is 22.3 Å². The van der Waals surface area contributed by atoms with Gasteiger partial charge in [0.2, 0.25) is 0 Å². The van der Waals surface area contributed by atoms with Gasteiger partial charge in [0, 0.05) is 17.5 Å². The number of rotatable bonds is 6. The molecule has 2 N–H and O–H groups in total. The highest BCUT2D eigenvalue weighted by Crippen LogP contribution is 2.27. The summed E-state index contributed by atoms with van der Waals surface area (Å²) >= 11 is 5.49. The fraction of sp³-hybridized carbons (Fsp3) is 0.500. The fourth-order valence-corrected chi connectivity index (χ4v) is 1.72. The van der Waals surface area contributed by atoms with Crippen LogP contribution >= 0.6 is 11.8 Å². The van der Waals surface area contributed by atoms with Crippen LogP contribution in [-0.4, -0.2) is 13.1 Å². The van der Waals surface area contributed by atoms with Gasteiger partial charge in [0.25, 0.3) is 0 Å². The molecule has 0 aliphatic heterocycles. The van der Waals surface area contributed by atoms with Crippen molar-refractivity contribution < 1.29 is 0 Å². The molecule has 1 fully saturated rings. The molecule has 0 bridgehead atoms. The van der Waals surface area contributed by atoms with Crippen LogP contribution in [-0.2, 0) is 6.42 Å². The highest BCUT2D eigenvalue weighted by atomic mass is 35.5. The van der Waals surface area contributed by atoms with Crippen molar-refractivity contribution in [1.29, 1.82) is 0 Å². The monoisotopic (exact) mass is 224 g/mol. The molecule has 0 heterocycles. The Kier molecular flexibility index (Phi) is 3.87. The SMILES string of the molecule is ClNc1ccc(CCNCC2CC2)cc1. The summed E-state index contributed by atoms with van der Waals surface area (Å²) in [6.45, 7) is 2.27. The Hall–Kier alpha value is -0.730. The third kappa shape index (κ3) is 3.73. The smallest absolute Gasteiger partial charge is 0.0491 e. The zero-order valence-corrected chi connectivity index (χ0v) is 9.56. The van der Waals surface area contributed by atoms with Crippen LogP contribution in [0.5, 0.6) is 0 Å². The van der Waals surface area contributed by atoms with E-state index in [1.54, 1.807) is 0 Å². The minimum atomic E-state index is 0.950. The number of hydrogen-bond acceptors (Lipinski definition) is 2. The number of halogens is 1. The van der Waals surface area contributed by atoms with Crippen molar-refractivity contribution in [1.82, 2.24) is 5.32 Å². The summed E-state index contributed by atoms with van der Waals surface area (Å²) in [4.78, 5) is 2.60. The van der Waals surface area contributed by atoms with Gasteiger partial charge in [-0.3, -0.25) is 4.84 Å². The van der Waals surface area contributed by atoms with E-state index in [-0.39, 0.29) is 0 Å². The van der Waals surface area contributed by atoms with Gasteiger partial charge >= 0.3 is 0 Å². The summed E-state index contributed by atoms with van der Waals surface area (Å²) in [5, 5.41) is 3.48. The standard InChI is InChI=1S/C12H17ClN2/c13-15-12-5-3-10(4-6-12)7-8-14-9-11-1-2-11/h3-6,11,14-15H,1-2,7-9H2. The van der Waals surface area contributed by atoms with Gasteiger partial charge in [0.05, 0.1) is 0 Å². The molecule has 0 radical (unpaired) electrons. The van der Waals surface area contributed by atoms with E-state index in [4.69, 9.17) is 11.8 Å². The summed E-state index contributed by atoms with van der Waals surface area (Å²) in [5.41, 5.74) is 2.31. The lowest BCUT2D eigenvalue weighted by molar-refractivity contribution is 0.637. The first-order chi connectivity index (χ1) is 7.38. The van der Waals surface area contributed by atoms with Crippen LogP contribution < -0.4 is 10.2 Å². The van der Waals surface area contributed by atoms with Gasteiger partial charge < -0.3 is 5.32 Å². The molecule has 3 heteroatoms. The third-order valence-corrected chi connectivity index (χ3v) is 3.00. The molecule has 1 aromatic rings. The Labute approximate surface area is 96.1 Å². The van der Waals surface area contributed by atoms with Crippen molar-refractivity contribution in [3.05, 3.63) is 29.8 Å². The highest BCUT2D eigenvalue weighted by molar-refractivity contribution is 6.23. The van der Waals surface area contributed by atoms with E-state index < -0.39 is 0 Å². The quantitative estimate of drug-likeness (QED) is 0.574. The lowest BCUT2D eigenvalue weighted by atomic mass is 10.1. The van der Waals surface area contributed by atoms with E-state index in [1.165, 1.54) is 24.9 Å². The van der Waals surface area contributed by atoms with E-state index >= 15 is 0 Å². The molecular weight excluding hydrogens is 208 g/mol. The zero-order valence-electron chi connectivity index (χ0n) is 8.80. The second-order valence-electron chi connectivity index (χ2n) is 4.19. The minimum absolute atomic E-state index is 0.950. The Morgan fingerprint density at radius 2 is 1.93 bits per heavy atom. The first kappa shape index (κ1) is 10.8. The second kappa shape index (κ2) is 5.38. The van der Waals surface area contributed by atoms with E-state index in [9.17, 15) is 0 Å². The molecule has 1 aliphatic carbocycles. The van der Waals surface area contributed by atoms with Crippen LogP contribution in [0.1, 0.15) is 18.4 Å². The molecule has 0 saturated heterocycles. The number of nitrogens with one attached hydrogen (secondary N) is 2. The van der Waals surface area contributed by atoms with Crippen molar-refractivity contribution >= 4 is 17.5 Å². The molecule has 2 nitrogen and oxygen atoms in total. The normalized spacial score (nSPS) is 15.3. The Morgan fingerprint density at radius 3 is 2.53 bits per heavy atom. The Morgan fingerprint density at radius 1 is 1.20 bits per heavy atom. The van der Waals surface area contributed by atoms with Gasteiger partial charge in [0.15, 0.2) is 0 Å². The van der Waals surface area contributed by atoms with E-state index in [1.807, 2.05) is 12.1 Å². The molecule has 1 aromatic carbocycles. The predicted molar refractivity (Wildman–Crippen MR) is 65.2 cm³/mol. The molecule has 2 rings (SSSR count). The first-order valence-corrected chi connectivity index (χ1v) is 5.92. The molecule has 0 aromatic heterocycles. The maximum atomic E-state index is 5.49. The van der Waals surface area contributed by atoms with Crippen molar-refractivity contribution in [3.63, 3.8) is 0 Å². The van der Waals surface area contributed by atoms with E-state index in [0.29, 0.717) is 0 Å². The number of hydrogen-bond donors (Lipinski definition) is 2. The van der Waals surface area contributed by atoms with Crippen molar-refractivity contribution in [2.75, 3.05) is 17.9 Å². The van der Waals surface area contributed by atoms with Crippen LogP contribution in [0, 0.1) is 5.92 Å². The molecular formula is C12H17ClN2. The van der Waals surface area contributed by atoms with Crippen molar-refractivity contribution in [2.45, 2.75) is 19.3 Å². The van der Waals surface area contributed by atoms with Gasteiger partial charge in [-0.05, 0) is 56.0 Å². The van der Waals surface area contributed by atoms with Crippen LogP contribution in [0.3, 0.4) is 0 Å². The largest absolute Gasteiger partial charge is 0.316 e. The minimum Gasteiger partial charge on any atom is -0.316 e. The summed E-state index contributed by atoms with van der Waals surface area (Å²) in [5.74, 6) is 0.966. The molecule has 82 valence electrons. The summed E-state index contributed by atoms with van der Waals surface area (Å²) in [6, 6.07) is 8.24. The summed E-state index contributed by atoms with van der Waals surface area (Å²) < 4.78 is 0. The predicted octanol–water partition coefficient (Wildman–Crippen LogP) is 2.79. The lowest BCUT2D eigenvalue weighted by Gasteiger charge is -2.04. The fourth-order valence-electron chi connectivity index (χ4n) is 1.60. The van der Waals surface area contributed by atoms with Gasteiger partial charge in [0.1, 0.15) is 0 Å². The molecule has 1 aliphatic rings. The van der Waals surface area contributed by atoms with Crippen LogP contribution in [0.15, 0.2) is 24.3 Å². The lowest BCUT2D eigenvalue weighted by Crippen LogP contribution is -2.19. The van der Waals surface area contributed by atoms with Crippen LogP contribution in [0.2, 0.25) is 0 Å². The average molecular weight is 225 g/mol. The number of anilines is 1. The summed E-state index contributed by atoms with van der Waals surface area (Å²) in [6.07, 6.45) is 3.93. The number of benzene rings is 1. The van der Waals surface area contributed by atoms with Gasteiger partial charge in [-0.25, -0.2) is 0 Å². The third-order valence-electron chi connectivity index (χ3n) is 2.78. The molecule has 0 spiro atoms. The van der Waals surface area contributed by atoms with Gasteiger partial charge in [-0.1, -0.05) is 12.1 Å². The maximum absolute atomic E-state index is 5.49. The molecule has 0 unspecified atom stereocenters. The first-order valence-electron chi connectivity index (χ1n) is 5.55. The average Bonchev–Trinajstić information content (AvgIpc) is 3.09. The second-order valence-corrected chi connectivity index (χ2v) is 4.38. The molecule has 0 amide bonds. The highest BCUT2D eigenvalue weighted by Gasteiger charge is 2.19. The molecule has 1 saturated carbocycles. The molecule has 15 heavy (non-hydrogen) atoms.